The first kappa shape index (κ1) is 56.9. The largest absolute Gasteiger partial charge is 0.370 e. The van der Waals surface area contributed by atoms with E-state index in [4.69, 9.17) is 34.4 Å². The van der Waals surface area contributed by atoms with Gasteiger partial charge in [0.15, 0.2) is 23.8 Å². The fourth-order valence-corrected chi connectivity index (χ4v) is 7.80. The van der Waals surface area contributed by atoms with Crippen LogP contribution in [0.5, 0.6) is 0 Å². The zero-order chi connectivity index (χ0) is 47.6. The number of hydrogen-bond acceptors (Lipinski definition) is 5. The highest BCUT2D eigenvalue weighted by Crippen LogP contribution is 2.15. The summed E-state index contributed by atoms with van der Waals surface area (Å²) in [6.45, 7) is 7.47. The smallest absolute Gasteiger partial charge is 0.319 e. The lowest BCUT2D eigenvalue weighted by Gasteiger charge is -2.31. The predicted molar refractivity (Wildman–Crippen MR) is 280 cm³/mol. The molecule has 0 bridgehead atoms. The quantitative estimate of drug-likeness (QED) is 0.0184. The number of hydrogen-bond donors (Lipinski definition) is 8. The van der Waals surface area contributed by atoms with Crippen molar-refractivity contribution in [3.05, 3.63) is 71.8 Å². The number of benzene rings is 2. The Hall–Kier alpha value is -5.21. The van der Waals surface area contributed by atoms with Crippen LogP contribution in [0.1, 0.15) is 165 Å². The predicted octanol–water partition coefficient (Wildman–Crippen LogP) is 7.83. The minimum atomic E-state index is 0.163. The van der Waals surface area contributed by atoms with Crippen molar-refractivity contribution in [1.82, 2.24) is 20.4 Å². The SMILES string of the molecule is NC(N)=NCCCCCCCCN(CCCCCCCCNC(N)=NCc1ccccc1)C(=O)N(CCCCCCCCN=C(N)N)CCCCCCCCNC(N)=NCc1ccccc1. The Morgan fingerprint density at radius 1 is 0.379 bits per heavy atom. The molecule has 0 aliphatic rings. The molecular weight excluding hydrogens is 825 g/mol. The molecule has 0 spiro atoms. The van der Waals surface area contributed by atoms with E-state index in [9.17, 15) is 4.79 Å². The molecule has 0 atom stereocenters. The first-order valence-electron chi connectivity index (χ1n) is 25.5. The van der Waals surface area contributed by atoms with Gasteiger partial charge < -0.3 is 54.8 Å². The van der Waals surface area contributed by atoms with Crippen LogP contribution in [0, 0.1) is 0 Å². The molecule has 0 fully saturated rings. The van der Waals surface area contributed by atoms with Gasteiger partial charge in [0.05, 0.1) is 13.1 Å². The molecule has 2 aromatic rings. The molecule has 0 aliphatic heterocycles. The van der Waals surface area contributed by atoms with E-state index < -0.39 is 0 Å². The van der Waals surface area contributed by atoms with Gasteiger partial charge in [0.2, 0.25) is 0 Å². The van der Waals surface area contributed by atoms with Crippen molar-refractivity contribution in [3.8, 4) is 0 Å². The summed E-state index contributed by atoms with van der Waals surface area (Å²) >= 11 is 0. The standard InChI is InChI=1S/C51H92N14O/c52-47(53)58-35-23-9-1-5-13-27-39-64(41-29-15-7-3-11-25-37-60-49(56)62-43-45-31-19-17-20-32-45)51(66)65(40-28-14-6-2-10-24-36-59-48(54)55)42-30-16-8-4-12-26-38-61-50(57)63-44-46-33-21-18-22-34-46/h17-22,31-34H,1-16,23-30,35-44H2,(H4,52,53,58)(H4,54,55,59)(H3,56,60,62)(H3,57,61,63). The van der Waals surface area contributed by atoms with Gasteiger partial charge in [-0.15, -0.1) is 0 Å². The molecule has 0 radical (unpaired) electrons. The van der Waals surface area contributed by atoms with E-state index in [0.29, 0.717) is 38.1 Å². The van der Waals surface area contributed by atoms with Crippen LogP contribution in [-0.2, 0) is 13.1 Å². The van der Waals surface area contributed by atoms with E-state index >= 15 is 0 Å². The lowest BCUT2D eigenvalue weighted by molar-refractivity contribution is 0.148. The first-order valence-corrected chi connectivity index (χ1v) is 25.5. The van der Waals surface area contributed by atoms with Crippen LogP contribution in [0.15, 0.2) is 80.6 Å². The molecule has 14 N–H and O–H groups in total. The van der Waals surface area contributed by atoms with Crippen molar-refractivity contribution in [1.29, 1.82) is 0 Å². The lowest BCUT2D eigenvalue weighted by Crippen LogP contribution is -2.45. The second-order valence-corrected chi connectivity index (χ2v) is 17.6. The van der Waals surface area contributed by atoms with Crippen molar-refractivity contribution in [3.63, 3.8) is 0 Å². The average Bonchev–Trinajstić information content (AvgIpc) is 3.31. The topological polar surface area (TPSA) is 253 Å². The number of guanidine groups is 4. The Morgan fingerprint density at radius 3 is 0.985 bits per heavy atom. The van der Waals surface area contributed by atoms with Crippen LogP contribution in [0.4, 0.5) is 4.79 Å². The zero-order valence-electron chi connectivity index (χ0n) is 40.9. The highest BCUT2D eigenvalue weighted by molar-refractivity contribution is 5.78. The Labute approximate surface area is 399 Å². The molecule has 66 heavy (non-hydrogen) atoms. The molecule has 0 saturated carbocycles. The van der Waals surface area contributed by atoms with Gasteiger partial charge in [-0.1, -0.05) is 163 Å². The summed E-state index contributed by atoms with van der Waals surface area (Å²) in [7, 11) is 0. The Balaban J connectivity index is 1.84. The molecule has 0 aliphatic carbocycles. The molecule has 0 heterocycles. The molecule has 15 nitrogen and oxygen atoms in total. The summed E-state index contributed by atoms with van der Waals surface area (Å²) in [4.78, 5) is 35.9. The maximum atomic E-state index is 14.4. The van der Waals surface area contributed by atoms with Crippen LogP contribution in [-0.4, -0.2) is 92.0 Å². The van der Waals surface area contributed by atoms with Gasteiger partial charge in [-0.25, -0.2) is 14.8 Å². The lowest BCUT2D eigenvalue weighted by atomic mass is 10.1. The zero-order valence-corrected chi connectivity index (χ0v) is 40.9. The van der Waals surface area contributed by atoms with Crippen molar-refractivity contribution >= 4 is 29.9 Å². The van der Waals surface area contributed by atoms with Gasteiger partial charge >= 0.3 is 6.03 Å². The summed E-state index contributed by atoms with van der Waals surface area (Å²) in [5.74, 6) is 1.33. The molecule has 0 aromatic heterocycles. The summed E-state index contributed by atoms with van der Waals surface area (Å²) < 4.78 is 0. The van der Waals surface area contributed by atoms with Crippen LogP contribution >= 0.6 is 0 Å². The monoisotopic (exact) mass is 917 g/mol. The second kappa shape index (κ2) is 40.1. The van der Waals surface area contributed by atoms with Crippen molar-refractivity contribution in [2.24, 2.45) is 54.4 Å². The number of nitrogens with two attached hydrogens (primary N) is 6. The summed E-state index contributed by atoms with van der Waals surface area (Å²) in [6.07, 6.45) is 26.5. The molecule has 2 amide bonds. The first-order chi connectivity index (χ1) is 32.2. The van der Waals surface area contributed by atoms with Crippen LogP contribution in [0.2, 0.25) is 0 Å². The van der Waals surface area contributed by atoms with E-state index in [2.05, 4.69) is 64.7 Å². The van der Waals surface area contributed by atoms with E-state index in [1.165, 1.54) is 25.7 Å². The van der Waals surface area contributed by atoms with Crippen molar-refractivity contribution in [2.45, 2.75) is 167 Å². The highest BCUT2D eigenvalue weighted by Gasteiger charge is 2.20. The highest BCUT2D eigenvalue weighted by atomic mass is 16.2. The van der Waals surface area contributed by atoms with Gasteiger partial charge in [0.25, 0.3) is 0 Å². The molecule has 2 aromatic carbocycles. The van der Waals surface area contributed by atoms with E-state index in [0.717, 1.165) is 179 Å². The molecule has 0 saturated heterocycles. The fraction of sp³-hybridized carbons (Fsp3) is 0.667. The molecule has 15 heteroatoms. The number of rotatable bonds is 40. The minimum absolute atomic E-state index is 0.163. The number of nitrogens with one attached hydrogen (secondary N) is 2. The number of nitrogens with zero attached hydrogens (tertiary/aromatic N) is 6. The van der Waals surface area contributed by atoms with Gasteiger partial charge in [-0.3, -0.25) is 9.98 Å². The van der Waals surface area contributed by atoms with Crippen LogP contribution in [0.3, 0.4) is 0 Å². The van der Waals surface area contributed by atoms with Crippen molar-refractivity contribution < 1.29 is 4.79 Å². The maximum Gasteiger partial charge on any atom is 0.319 e. The van der Waals surface area contributed by atoms with Gasteiger partial charge in [-0.2, -0.15) is 0 Å². The maximum absolute atomic E-state index is 14.4. The second-order valence-electron chi connectivity index (χ2n) is 17.6. The third-order valence-corrected chi connectivity index (χ3v) is 11.7. The van der Waals surface area contributed by atoms with Gasteiger partial charge in [0.1, 0.15) is 0 Å². The van der Waals surface area contributed by atoms with Crippen LogP contribution < -0.4 is 45.0 Å². The van der Waals surface area contributed by atoms with E-state index in [1.54, 1.807) is 0 Å². The molecule has 2 rings (SSSR count). The molecule has 372 valence electrons. The Morgan fingerprint density at radius 2 is 0.667 bits per heavy atom. The van der Waals surface area contributed by atoms with E-state index in [-0.39, 0.29) is 18.0 Å². The molecular formula is C51H92N14O. The normalized spacial score (nSPS) is 11.6. The number of amides is 2. The third kappa shape index (κ3) is 33.3. The Bertz CT molecular complexity index is 1460. The van der Waals surface area contributed by atoms with E-state index in [1.807, 2.05) is 36.4 Å². The van der Waals surface area contributed by atoms with Crippen molar-refractivity contribution in [2.75, 3.05) is 52.4 Å². The molecule has 0 unspecified atom stereocenters. The van der Waals surface area contributed by atoms with Gasteiger partial charge in [-0.05, 0) is 62.5 Å². The number of carbonyl (C=O) groups excluding carboxylic acids is 1. The minimum Gasteiger partial charge on any atom is -0.370 e. The third-order valence-electron chi connectivity index (χ3n) is 11.7. The summed E-state index contributed by atoms with van der Waals surface area (Å²) in [5.41, 5.74) is 36.4. The average molecular weight is 917 g/mol. The number of urea groups is 1. The summed E-state index contributed by atoms with van der Waals surface area (Å²) in [6, 6.07) is 20.5. The number of carbonyl (C=O) groups is 1. The number of aliphatic imine (C=N–C) groups is 4. The summed E-state index contributed by atoms with van der Waals surface area (Å²) in [5, 5.41) is 6.52. The Kier molecular flexibility index (Phi) is 34.6. The van der Waals surface area contributed by atoms with Crippen LogP contribution in [0.25, 0.3) is 0 Å². The fourth-order valence-electron chi connectivity index (χ4n) is 7.80. The van der Waals surface area contributed by atoms with Gasteiger partial charge in [0, 0.05) is 52.4 Å². The number of unbranched alkanes of at least 4 members (excludes halogenated alkanes) is 20.